The van der Waals surface area contributed by atoms with Gasteiger partial charge in [0.25, 0.3) is 5.91 Å². The van der Waals surface area contributed by atoms with Gasteiger partial charge < -0.3 is 14.4 Å². The molecular formula is C25H24N2O3. The standard InChI is InChI=1S/C25H24N2O3/c1-4-29-23-18-8-6-7-9-19(18)24(30-5-2)22-20(23)15-27(25(22)28)21-11-10-17(12-13-26)14-16(21)3/h6-11,14H,4-5,12,15H2,1-3H3. The topological polar surface area (TPSA) is 62.6 Å². The first-order chi connectivity index (χ1) is 14.6. The van der Waals surface area contributed by atoms with E-state index in [2.05, 4.69) is 6.07 Å². The molecule has 0 fully saturated rings. The maximum Gasteiger partial charge on any atom is 0.262 e. The first-order valence-electron chi connectivity index (χ1n) is 10.2. The van der Waals surface area contributed by atoms with Crippen LogP contribution in [0.2, 0.25) is 0 Å². The van der Waals surface area contributed by atoms with Crippen molar-refractivity contribution in [2.45, 2.75) is 33.7 Å². The molecule has 3 aromatic rings. The molecule has 3 aromatic carbocycles. The molecule has 30 heavy (non-hydrogen) atoms. The number of aryl methyl sites for hydroxylation is 1. The summed E-state index contributed by atoms with van der Waals surface area (Å²) in [5, 5.41) is 10.8. The van der Waals surface area contributed by atoms with Crippen LogP contribution in [0.1, 0.15) is 40.9 Å². The van der Waals surface area contributed by atoms with Gasteiger partial charge in [-0.2, -0.15) is 5.26 Å². The SMILES string of the molecule is CCOc1c2c(c(OCC)c3ccccc13)C(=O)N(c1ccc(CC#N)cc1C)C2. The quantitative estimate of drug-likeness (QED) is 0.572. The van der Waals surface area contributed by atoms with Gasteiger partial charge in [0.05, 0.1) is 37.8 Å². The number of hydrogen-bond donors (Lipinski definition) is 0. The summed E-state index contributed by atoms with van der Waals surface area (Å²) < 4.78 is 12.0. The molecule has 0 bridgehead atoms. The number of rotatable bonds is 6. The van der Waals surface area contributed by atoms with E-state index in [0.29, 0.717) is 37.5 Å². The normalized spacial score (nSPS) is 12.7. The van der Waals surface area contributed by atoms with Crippen molar-refractivity contribution < 1.29 is 14.3 Å². The van der Waals surface area contributed by atoms with E-state index < -0.39 is 0 Å². The molecule has 0 saturated carbocycles. The van der Waals surface area contributed by atoms with Crippen molar-refractivity contribution >= 4 is 22.4 Å². The van der Waals surface area contributed by atoms with Crippen LogP contribution in [0.15, 0.2) is 42.5 Å². The van der Waals surface area contributed by atoms with E-state index in [1.165, 1.54) is 0 Å². The van der Waals surface area contributed by atoms with E-state index in [4.69, 9.17) is 14.7 Å². The molecular weight excluding hydrogens is 376 g/mol. The molecule has 0 atom stereocenters. The Hall–Kier alpha value is -3.52. The number of anilines is 1. The second-order valence-corrected chi connectivity index (χ2v) is 7.27. The molecule has 0 saturated heterocycles. The Kier molecular flexibility index (Phi) is 5.33. The van der Waals surface area contributed by atoms with Gasteiger partial charge in [-0.25, -0.2) is 0 Å². The van der Waals surface area contributed by atoms with Crippen LogP contribution in [0.25, 0.3) is 10.8 Å². The van der Waals surface area contributed by atoms with Gasteiger partial charge in [-0.15, -0.1) is 0 Å². The van der Waals surface area contributed by atoms with E-state index in [-0.39, 0.29) is 5.91 Å². The Morgan fingerprint density at radius 3 is 2.33 bits per heavy atom. The molecule has 152 valence electrons. The molecule has 4 rings (SSSR count). The second-order valence-electron chi connectivity index (χ2n) is 7.27. The van der Waals surface area contributed by atoms with E-state index in [1.807, 2.05) is 63.2 Å². The molecule has 1 aliphatic rings. The summed E-state index contributed by atoms with van der Waals surface area (Å²) in [5.41, 5.74) is 4.19. The second kappa shape index (κ2) is 8.08. The molecule has 0 aliphatic carbocycles. The maximum atomic E-state index is 13.6. The highest BCUT2D eigenvalue weighted by atomic mass is 16.5. The molecule has 0 radical (unpaired) electrons. The molecule has 1 aliphatic heterocycles. The highest BCUT2D eigenvalue weighted by Crippen LogP contribution is 2.46. The van der Waals surface area contributed by atoms with E-state index in [0.717, 1.165) is 38.9 Å². The zero-order valence-electron chi connectivity index (χ0n) is 17.5. The van der Waals surface area contributed by atoms with Crippen LogP contribution in [-0.4, -0.2) is 19.1 Å². The Morgan fingerprint density at radius 1 is 1.03 bits per heavy atom. The van der Waals surface area contributed by atoms with Gasteiger partial charge in [-0.05, 0) is 38.0 Å². The average Bonchev–Trinajstić information content (AvgIpc) is 3.08. The van der Waals surface area contributed by atoms with Crippen LogP contribution in [0, 0.1) is 18.3 Å². The fourth-order valence-corrected chi connectivity index (χ4v) is 4.19. The van der Waals surface area contributed by atoms with Gasteiger partial charge in [0.15, 0.2) is 0 Å². The molecule has 5 nitrogen and oxygen atoms in total. The Labute approximate surface area is 176 Å². The number of nitriles is 1. The fraction of sp³-hybridized carbons (Fsp3) is 0.280. The maximum absolute atomic E-state index is 13.6. The number of hydrogen-bond acceptors (Lipinski definition) is 4. The summed E-state index contributed by atoms with van der Waals surface area (Å²) in [5.74, 6) is 1.29. The first-order valence-corrected chi connectivity index (χ1v) is 10.2. The van der Waals surface area contributed by atoms with Crippen molar-refractivity contribution in [3.8, 4) is 17.6 Å². The Morgan fingerprint density at radius 2 is 1.70 bits per heavy atom. The minimum Gasteiger partial charge on any atom is -0.493 e. The summed E-state index contributed by atoms with van der Waals surface area (Å²) in [6.45, 7) is 7.25. The zero-order valence-corrected chi connectivity index (χ0v) is 17.5. The summed E-state index contributed by atoms with van der Waals surface area (Å²) in [6.07, 6.45) is 0.351. The summed E-state index contributed by atoms with van der Waals surface area (Å²) in [4.78, 5) is 15.4. The summed E-state index contributed by atoms with van der Waals surface area (Å²) in [7, 11) is 0. The predicted octanol–water partition coefficient (Wildman–Crippen LogP) is 5.17. The largest absolute Gasteiger partial charge is 0.493 e. The monoisotopic (exact) mass is 400 g/mol. The van der Waals surface area contributed by atoms with Gasteiger partial charge in [0, 0.05) is 22.0 Å². The van der Waals surface area contributed by atoms with Crippen molar-refractivity contribution in [2.75, 3.05) is 18.1 Å². The lowest BCUT2D eigenvalue weighted by molar-refractivity contribution is 0.0993. The molecule has 1 amide bonds. The number of fused-ring (bicyclic) bond motifs is 2. The Bertz CT molecular complexity index is 1180. The molecule has 0 aromatic heterocycles. The van der Waals surface area contributed by atoms with E-state index in [9.17, 15) is 4.79 Å². The minimum absolute atomic E-state index is 0.0868. The minimum atomic E-state index is -0.0868. The van der Waals surface area contributed by atoms with Crippen molar-refractivity contribution in [1.82, 2.24) is 0 Å². The lowest BCUT2D eigenvalue weighted by atomic mass is 9.99. The van der Waals surface area contributed by atoms with Crippen LogP contribution < -0.4 is 14.4 Å². The van der Waals surface area contributed by atoms with Crippen LogP contribution in [-0.2, 0) is 13.0 Å². The third-order valence-electron chi connectivity index (χ3n) is 5.41. The molecule has 0 spiro atoms. The first kappa shape index (κ1) is 19.8. The van der Waals surface area contributed by atoms with Gasteiger partial charge >= 0.3 is 0 Å². The number of benzene rings is 3. The van der Waals surface area contributed by atoms with Crippen LogP contribution in [0.4, 0.5) is 5.69 Å². The number of ether oxygens (including phenoxy) is 2. The number of carbonyl (C=O) groups is 1. The number of carbonyl (C=O) groups excluding carboxylic acids is 1. The highest BCUT2D eigenvalue weighted by molar-refractivity contribution is 6.17. The lowest BCUT2D eigenvalue weighted by Gasteiger charge is -2.19. The molecule has 1 heterocycles. The number of amides is 1. The van der Waals surface area contributed by atoms with Gasteiger partial charge in [-0.1, -0.05) is 36.4 Å². The Balaban J connectivity index is 1.90. The summed E-state index contributed by atoms with van der Waals surface area (Å²) in [6, 6.07) is 15.9. The van der Waals surface area contributed by atoms with Crippen molar-refractivity contribution in [2.24, 2.45) is 0 Å². The van der Waals surface area contributed by atoms with E-state index >= 15 is 0 Å². The van der Waals surface area contributed by atoms with Crippen molar-refractivity contribution in [3.63, 3.8) is 0 Å². The number of nitrogens with zero attached hydrogens (tertiary/aromatic N) is 2. The third kappa shape index (κ3) is 3.15. The highest BCUT2D eigenvalue weighted by Gasteiger charge is 2.37. The zero-order chi connectivity index (χ0) is 21.3. The predicted molar refractivity (Wildman–Crippen MR) is 117 cm³/mol. The molecule has 0 unspecified atom stereocenters. The van der Waals surface area contributed by atoms with Gasteiger partial charge in [0.2, 0.25) is 0 Å². The van der Waals surface area contributed by atoms with Gasteiger partial charge in [-0.3, -0.25) is 4.79 Å². The average molecular weight is 400 g/mol. The third-order valence-corrected chi connectivity index (χ3v) is 5.41. The van der Waals surface area contributed by atoms with Crippen LogP contribution in [0.3, 0.4) is 0 Å². The van der Waals surface area contributed by atoms with Crippen LogP contribution >= 0.6 is 0 Å². The fourth-order valence-electron chi connectivity index (χ4n) is 4.19. The lowest BCUT2D eigenvalue weighted by Crippen LogP contribution is -2.24. The van der Waals surface area contributed by atoms with Crippen molar-refractivity contribution in [1.29, 1.82) is 5.26 Å². The van der Waals surface area contributed by atoms with Crippen molar-refractivity contribution in [3.05, 3.63) is 64.7 Å². The van der Waals surface area contributed by atoms with Gasteiger partial charge in [0.1, 0.15) is 11.5 Å². The molecule has 5 heteroatoms. The van der Waals surface area contributed by atoms with E-state index in [1.54, 1.807) is 4.90 Å². The molecule has 0 N–H and O–H groups in total. The summed E-state index contributed by atoms with van der Waals surface area (Å²) >= 11 is 0. The van der Waals surface area contributed by atoms with Crippen LogP contribution in [0.5, 0.6) is 11.5 Å². The smallest absolute Gasteiger partial charge is 0.262 e.